The Bertz CT molecular complexity index is 1070. The van der Waals surface area contributed by atoms with E-state index in [-0.39, 0.29) is 5.91 Å². The largest absolute Gasteiger partial charge is 0.465 e. The van der Waals surface area contributed by atoms with Gasteiger partial charge in [0.1, 0.15) is 5.69 Å². The maximum atomic E-state index is 12.6. The van der Waals surface area contributed by atoms with Crippen LogP contribution in [-0.2, 0) is 18.3 Å². The van der Waals surface area contributed by atoms with E-state index in [0.717, 1.165) is 15.8 Å². The third-order valence-corrected chi connectivity index (χ3v) is 4.98. The minimum absolute atomic E-state index is 0.361. The Hall–Kier alpha value is -3.00. The second-order valence-electron chi connectivity index (χ2n) is 5.67. The van der Waals surface area contributed by atoms with Crippen LogP contribution in [0.5, 0.6) is 0 Å². The van der Waals surface area contributed by atoms with Gasteiger partial charge in [-0.1, -0.05) is 17.4 Å². The number of esters is 1. The van der Waals surface area contributed by atoms with Gasteiger partial charge in [-0.15, -0.1) is 6.58 Å². The Kier molecular flexibility index (Phi) is 4.85. The molecule has 0 aliphatic rings. The first kappa shape index (κ1) is 17.8. The Balaban J connectivity index is 2.18. The summed E-state index contributed by atoms with van der Waals surface area (Å²) in [5, 5.41) is 4.09. The minimum atomic E-state index is -0.407. The van der Waals surface area contributed by atoms with Gasteiger partial charge in [0, 0.05) is 19.2 Å². The van der Waals surface area contributed by atoms with Crippen molar-refractivity contribution in [3.05, 3.63) is 58.7 Å². The van der Waals surface area contributed by atoms with Crippen molar-refractivity contribution in [2.75, 3.05) is 7.11 Å². The van der Waals surface area contributed by atoms with Crippen LogP contribution in [0.1, 0.15) is 26.4 Å². The number of allylic oxidation sites excluding steroid dienone is 1. The molecule has 0 fully saturated rings. The molecular weight excluding hydrogens is 352 g/mol. The smallest absolute Gasteiger partial charge is 0.337 e. The van der Waals surface area contributed by atoms with Crippen LogP contribution in [0, 0.1) is 6.92 Å². The van der Waals surface area contributed by atoms with Crippen molar-refractivity contribution in [3.63, 3.8) is 0 Å². The summed E-state index contributed by atoms with van der Waals surface area (Å²) >= 11 is 1.33. The molecule has 26 heavy (non-hydrogen) atoms. The molecular formula is C18H18N4O3S. The molecule has 0 radical (unpaired) electrons. The molecule has 0 unspecified atom stereocenters. The van der Waals surface area contributed by atoms with Gasteiger partial charge >= 0.3 is 5.97 Å². The van der Waals surface area contributed by atoms with Gasteiger partial charge in [0.15, 0.2) is 4.80 Å². The van der Waals surface area contributed by atoms with Crippen molar-refractivity contribution >= 4 is 33.4 Å². The van der Waals surface area contributed by atoms with Crippen molar-refractivity contribution in [2.24, 2.45) is 12.0 Å². The number of benzene rings is 1. The number of hydrogen-bond donors (Lipinski definition) is 0. The monoisotopic (exact) mass is 370 g/mol. The maximum Gasteiger partial charge on any atom is 0.337 e. The Morgan fingerprint density at radius 3 is 2.81 bits per heavy atom. The Morgan fingerprint density at radius 2 is 2.19 bits per heavy atom. The van der Waals surface area contributed by atoms with Crippen LogP contribution in [0.25, 0.3) is 10.2 Å². The number of aryl methyl sites for hydroxylation is 2. The molecule has 7 nitrogen and oxygen atoms in total. The average molecular weight is 370 g/mol. The van der Waals surface area contributed by atoms with Gasteiger partial charge in [-0.25, -0.2) is 4.79 Å². The Labute approximate surface area is 153 Å². The number of rotatable bonds is 4. The van der Waals surface area contributed by atoms with E-state index in [2.05, 4.69) is 16.7 Å². The highest BCUT2D eigenvalue weighted by Gasteiger charge is 2.15. The van der Waals surface area contributed by atoms with Crippen LogP contribution in [0.3, 0.4) is 0 Å². The lowest BCUT2D eigenvalue weighted by molar-refractivity contribution is 0.0601. The van der Waals surface area contributed by atoms with Crippen LogP contribution in [-0.4, -0.2) is 33.3 Å². The summed E-state index contributed by atoms with van der Waals surface area (Å²) in [5.41, 5.74) is 2.54. The van der Waals surface area contributed by atoms with Gasteiger partial charge in [0.2, 0.25) is 0 Å². The molecule has 1 amide bonds. The number of fused-ring (bicyclic) bond motifs is 1. The zero-order chi connectivity index (χ0) is 18.8. The number of nitrogens with zero attached hydrogens (tertiary/aromatic N) is 4. The highest BCUT2D eigenvalue weighted by molar-refractivity contribution is 7.16. The number of carbonyl (C=O) groups excluding carboxylic acids is 2. The fourth-order valence-electron chi connectivity index (χ4n) is 2.70. The van der Waals surface area contributed by atoms with Gasteiger partial charge in [0.05, 0.1) is 29.1 Å². The fourth-order valence-corrected chi connectivity index (χ4v) is 3.78. The second-order valence-corrected chi connectivity index (χ2v) is 6.68. The first-order valence-electron chi connectivity index (χ1n) is 7.86. The van der Waals surface area contributed by atoms with Crippen LogP contribution in [0.15, 0.2) is 42.0 Å². The third kappa shape index (κ3) is 3.11. The molecule has 3 aromatic rings. The number of aromatic nitrogens is 3. The lowest BCUT2D eigenvalue weighted by Crippen LogP contribution is -2.17. The summed E-state index contributed by atoms with van der Waals surface area (Å²) in [6.07, 6.45) is 3.37. The van der Waals surface area contributed by atoms with Crippen LogP contribution in [0.4, 0.5) is 0 Å². The molecule has 3 rings (SSSR count). The fraction of sp³-hybridized carbons (Fsp3) is 0.222. The van der Waals surface area contributed by atoms with Crippen molar-refractivity contribution in [2.45, 2.75) is 13.5 Å². The molecule has 8 heteroatoms. The van der Waals surface area contributed by atoms with Crippen LogP contribution < -0.4 is 4.80 Å². The quantitative estimate of drug-likeness (QED) is 0.522. The summed E-state index contributed by atoms with van der Waals surface area (Å²) in [7, 11) is 3.05. The maximum absolute atomic E-state index is 12.6. The average Bonchev–Trinajstić information content (AvgIpc) is 3.13. The summed E-state index contributed by atoms with van der Waals surface area (Å²) in [4.78, 5) is 29.2. The summed E-state index contributed by atoms with van der Waals surface area (Å²) in [5.74, 6) is -0.768. The van der Waals surface area contributed by atoms with E-state index in [1.165, 1.54) is 23.1 Å². The van der Waals surface area contributed by atoms with Crippen LogP contribution >= 0.6 is 11.3 Å². The topological polar surface area (TPSA) is 78.5 Å². The Morgan fingerprint density at radius 1 is 1.42 bits per heavy atom. The molecule has 0 saturated carbocycles. The van der Waals surface area contributed by atoms with E-state index < -0.39 is 5.97 Å². The molecule has 0 saturated heterocycles. The number of carbonyl (C=O) groups is 2. The van der Waals surface area contributed by atoms with Gasteiger partial charge in [-0.3, -0.25) is 9.48 Å². The highest BCUT2D eigenvalue weighted by Crippen LogP contribution is 2.20. The first-order valence-corrected chi connectivity index (χ1v) is 8.68. The molecule has 0 N–H and O–H groups in total. The zero-order valence-corrected chi connectivity index (χ0v) is 15.5. The number of hydrogen-bond acceptors (Lipinski definition) is 5. The van der Waals surface area contributed by atoms with Crippen molar-refractivity contribution in [1.29, 1.82) is 0 Å². The lowest BCUT2D eigenvalue weighted by atomic mass is 10.2. The first-order chi connectivity index (χ1) is 12.5. The van der Waals surface area contributed by atoms with Gasteiger partial charge < -0.3 is 9.30 Å². The molecule has 134 valence electrons. The zero-order valence-electron chi connectivity index (χ0n) is 14.7. The molecule has 1 aromatic carbocycles. The van der Waals surface area contributed by atoms with E-state index >= 15 is 0 Å². The summed E-state index contributed by atoms with van der Waals surface area (Å²) in [6, 6.07) is 5.25. The number of amides is 1. The van der Waals surface area contributed by atoms with Crippen LogP contribution in [0.2, 0.25) is 0 Å². The van der Waals surface area contributed by atoms with E-state index in [0.29, 0.717) is 22.6 Å². The summed E-state index contributed by atoms with van der Waals surface area (Å²) in [6.45, 7) is 6.08. The predicted molar refractivity (Wildman–Crippen MR) is 99.2 cm³/mol. The van der Waals surface area contributed by atoms with E-state index in [1.54, 1.807) is 31.5 Å². The minimum Gasteiger partial charge on any atom is -0.465 e. The molecule has 2 aromatic heterocycles. The lowest BCUT2D eigenvalue weighted by Gasteiger charge is -2.02. The number of thiazole rings is 1. The van der Waals surface area contributed by atoms with E-state index in [9.17, 15) is 9.59 Å². The number of methoxy groups -OCH3 is 1. The second kappa shape index (κ2) is 7.09. The molecule has 0 aliphatic heterocycles. The molecule has 0 aliphatic carbocycles. The van der Waals surface area contributed by atoms with Gasteiger partial charge in [-0.05, 0) is 25.1 Å². The standard InChI is InChI=1S/C18H18N4O3S/c1-5-8-22-13-7-6-12(17(24)25-4)9-14(13)26-18(22)20-16(23)15-11(2)10-19-21(15)3/h5-7,9-10H,1,8H2,2-4H3. The summed E-state index contributed by atoms with van der Waals surface area (Å²) < 4.78 is 9.00. The highest BCUT2D eigenvalue weighted by atomic mass is 32.1. The third-order valence-electron chi connectivity index (χ3n) is 3.94. The SMILES string of the molecule is C=CCn1c(=NC(=O)c2c(C)cnn2C)sc2cc(C(=O)OC)ccc21. The van der Waals surface area contributed by atoms with Gasteiger partial charge in [0.25, 0.3) is 5.91 Å². The molecule has 0 bridgehead atoms. The van der Waals surface area contributed by atoms with E-state index in [4.69, 9.17) is 4.74 Å². The predicted octanol–water partition coefficient (Wildman–Crippen LogP) is 2.46. The van der Waals surface area contributed by atoms with E-state index in [1.807, 2.05) is 17.6 Å². The van der Waals surface area contributed by atoms with Crippen molar-refractivity contribution < 1.29 is 14.3 Å². The number of ether oxygens (including phenoxy) is 1. The van der Waals surface area contributed by atoms with Gasteiger partial charge in [-0.2, -0.15) is 10.1 Å². The molecule has 0 spiro atoms. The normalized spacial score (nSPS) is 11.7. The van der Waals surface area contributed by atoms with Crippen molar-refractivity contribution in [3.8, 4) is 0 Å². The molecule has 2 heterocycles. The molecule has 0 atom stereocenters. The van der Waals surface area contributed by atoms with Crippen molar-refractivity contribution in [1.82, 2.24) is 14.3 Å².